The molecule has 0 saturated carbocycles. The van der Waals surface area contributed by atoms with Crippen molar-refractivity contribution in [1.82, 2.24) is 0 Å². The number of carbonyl (C=O) groups excluding carboxylic acids is 1. The number of hydrogen-bond acceptors (Lipinski definition) is 3. The van der Waals surface area contributed by atoms with Gasteiger partial charge in [0.05, 0.1) is 16.9 Å². The fourth-order valence-electron chi connectivity index (χ4n) is 6.73. The van der Waals surface area contributed by atoms with E-state index in [0.29, 0.717) is 17.1 Å². The summed E-state index contributed by atoms with van der Waals surface area (Å²) >= 11 is 0. The van der Waals surface area contributed by atoms with E-state index >= 15 is 0 Å². The second-order valence-corrected chi connectivity index (χ2v) is 11.9. The van der Waals surface area contributed by atoms with Crippen molar-refractivity contribution in [1.29, 1.82) is 0 Å². The normalized spacial score (nSPS) is 15.9. The third kappa shape index (κ3) is 3.63. The largest absolute Gasteiger partial charge is 0.452 e. The minimum absolute atomic E-state index is 0.0761. The van der Waals surface area contributed by atoms with Gasteiger partial charge in [0.2, 0.25) is 5.78 Å². The molecule has 0 N–H and O–H groups in total. The number of carbonyl (C=O) groups is 1. The van der Waals surface area contributed by atoms with Gasteiger partial charge in [0.25, 0.3) is 0 Å². The Balaban J connectivity index is 1.25. The van der Waals surface area contributed by atoms with E-state index in [1.807, 2.05) is 42.5 Å². The summed E-state index contributed by atoms with van der Waals surface area (Å²) in [5, 5.41) is 4.44. The van der Waals surface area contributed by atoms with E-state index in [1.54, 1.807) is 0 Å². The second kappa shape index (κ2) is 8.92. The maximum Gasteiger partial charge on any atom is 0.231 e. The molecule has 2 aliphatic rings. The van der Waals surface area contributed by atoms with Crippen LogP contribution >= 0.6 is 0 Å². The maximum atomic E-state index is 13.3. The van der Waals surface area contributed by atoms with Gasteiger partial charge < -0.3 is 9.64 Å². The van der Waals surface area contributed by atoms with E-state index in [0.717, 1.165) is 27.4 Å². The number of ether oxygens (including phenoxy) is 1. The van der Waals surface area contributed by atoms with Gasteiger partial charge in [0.1, 0.15) is 5.75 Å². The molecule has 6 aromatic carbocycles. The number of nitrogens with zero attached hydrogens (tertiary/aromatic N) is 1. The molecule has 0 unspecified atom stereocenters. The fourth-order valence-corrected chi connectivity index (χ4v) is 6.73. The van der Waals surface area contributed by atoms with E-state index in [2.05, 4.69) is 105 Å². The Hall–Kier alpha value is -5.15. The summed E-state index contributed by atoms with van der Waals surface area (Å²) < 4.78 is 6.08. The molecule has 3 nitrogen and oxygen atoms in total. The van der Waals surface area contributed by atoms with Crippen LogP contribution in [0.25, 0.3) is 27.6 Å². The first-order valence-corrected chi connectivity index (χ1v) is 14.4. The fraction of sp³-hybridized carbons (Fsp3) is 0.103. The van der Waals surface area contributed by atoms with Crippen molar-refractivity contribution < 1.29 is 9.53 Å². The lowest BCUT2D eigenvalue weighted by atomic mass is 9.71. The highest BCUT2D eigenvalue weighted by atomic mass is 16.5. The van der Waals surface area contributed by atoms with Gasteiger partial charge in [-0.2, -0.15) is 0 Å². The number of allylic oxidation sites excluding steroid dienone is 1. The zero-order valence-corrected chi connectivity index (χ0v) is 23.8. The van der Waals surface area contributed by atoms with Crippen LogP contribution in [0.3, 0.4) is 0 Å². The van der Waals surface area contributed by atoms with Gasteiger partial charge in [-0.15, -0.1) is 0 Å². The first-order valence-electron chi connectivity index (χ1n) is 14.4. The summed E-state index contributed by atoms with van der Waals surface area (Å²) in [5.74, 6) is 0.904. The predicted octanol–water partition coefficient (Wildman–Crippen LogP) is 10.0. The van der Waals surface area contributed by atoms with Crippen LogP contribution in [-0.4, -0.2) is 5.78 Å². The average Bonchev–Trinajstić information content (AvgIpc) is 3.30. The second-order valence-electron chi connectivity index (χ2n) is 11.9. The molecule has 0 radical (unpaired) electrons. The molecule has 2 aliphatic heterocycles. The van der Waals surface area contributed by atoms with Crippen LogP contribution in [0, 0.1) is 6.92 Å². The third-order valence-corrected chi connectivity index (χ3v) is 8.83. The summed E-state index contributed by atoms with van der Waals surface area (Å²) in [5.41, 5.74) is 8.74. The van der Waals surface area contributed by atoms with Crippen LogP contribution in [0.1, 0.15) is 46.5 Å². The third-order valence-electron chi connectivity index (χ3n) is 8.83. The van der Waals surface area contributed by atoms with Crippen LogP contribution in [0.4, 0.5) is 17.1 Å². The van der Waals surface area contributed by atoms with Gasteiger partial charge in [-0.3, -0.25) is 4.79 Å². The predicted molar refractivity (Wildman–Crippen MR) is 172 cm³/mol. The monoisotopic (exact) mass is 543 g/mol. The summed E-state index contributed by atoms with van der Waals surface area (Å²) in [4.78, 5) is 15.7. The zero-order valence-electron chi connectivity index (χ0n) is 23.8. The Morgan fingerprint density at radius 1 is 0.714 bits per heavy atom. The Labute approximate surface area is 245 Å². The van der Waals surface area contributed by atoms with Crippen molar-refractivity contribution in [3.05, 3.63) is 149 Å². The number of fused-ring (bicyclic) bond motifs is 6. The highest BCUT2D eigenvalue weighted by molar-refractivity contribution is 6.16. The summed E-state index contributed by atoms with van der Waals surface area (Å²) in [7, 11) is 0. The molecule has 0 aromatic heterocycles. The number of aryl methyl sites for hydroxylation is 1. The molecule has 6 aromatic rings. The Morgan fingerprint density at radius 2 is 1.45 bits per heavy atom. The molecule has 2 heterocycles. The summed E-state index contributed by atoms with van der Waals surface area (Å²) in [6.07, 6.45) is 1.87. The van der Waals surface area contributed by atoms with Crippen LogP contribution in [0.2, 0.25) is 0 Å². The Morgan fingerprint density at radius 3 is 2.26 bits per heavy atom. The van der Waals surface area contributed by atoms with Gasteiger partial charge in [0.15, 0.2) is 5.76 Å². The van der Waals surface area contributed by atoms with Crippen molar-refractivity contribution in [2.45, 2.75) is 26.2 Å². The maximum absolute atomic E-state index is 13.3. The van der Waals surface area contributed by atoms with E-state index in [1.165, 1.54) is 33.5 Å². The standard InChI is InChI=1S/C39H29NO2/c1-24-12-16-29(17-13-24)40-33-11-7-6-10-32(33)39(2,3)37-30-18-14-25(20-28(30)15-19-34(37)40)21-36-38(41)31-22-26-8-4-5-9-27(26)23-35(31)42-36/h4-23H,1-3H3/b36-21+. The molecule has 42 heavy (non-hydrogen) atoms. The van der Waals surface area contributed by atoms with Gasteiger partial charge in [0, 0.05) is 11.1 Å². The lowest BCUT2D eigenvalue weighted by molar-refractivity contribution is 0.101. The van der Waals surface area contributed by atoms with Crippen LogP contribution < -0.4 is 9.64 Å². The molecule has 3 heteroatoms. The lowest BCUT2D eigenvalue weighted by Crippen LogP contribution is -2.30. The number of rotatable bonds is 2. The average molecular weight is 544 g/mol. The van der Waals surface area contributed by atoms with E-state index < -0.39 is 0 Å². The van der Waals surface area contributed by atoms with Gasteiger partial charge >= 0.3 is 0 Å². The van der Waals surface area contributed by atoms with Crippen molar-refractivity contribution in [2.75, 3.05) is 4.90 Å². The number of Topliss-reactive ketones (excluding diaryl/α,β-unsaturated/α-hetero) is 1. The van der Waals surface area contributed by atoms with Crippen LogP contribution in [0.15, 0.2) is 121 Å². The van der Waals surface area contributed by atoms with Crippen molar-refractivity contribution in [3.8, 4) is 5.75 Å². The van der Waals surface area contributed by atoms with Gasteiger partial charge in [-0.05, 0) is 93.7 Å². The molecule has 0 atom stereocenters. The molecular weight excluding hydrogens is 514 g/mol. The Bertz CT molecular complexity index is 2120. The van der Waals surface area contributed by atoms with E-state index in [9.17, 15) is 4.79 Å². The first kappa shape index (κ1) is 24.6. The number of ketones is 1. The number of anilines is 3. The van der Waals surface area contributed by atoms with Crippen LogP contribution in [-0.2, 0) is 5.41 Å². The highest BCUT2D eigenvalue weighted by Crippen LogP contribution is 2.53. The number of benzene rings is 6. The molecule has 0 bridgehead atoms. The summed E-state index contributed by atoms with van der Waals surface area (Å²) in [6, 6.07) is 40.3. The topological polar surface area (TPSA) is 29.5 Å². The molecule has 0 saturated heterocycles. The first-order chi connectivity index (χ1) is 20.4. The van der Waals surface area contributed by atoms with Crippen molar-refractivity contribution in [3.63, 3.8) is 0 Å². The molecular formula is C39H29NO2. The minimum Gasteiger partial charge on any atom is -0.452 e. The lowest BCUT2D eigenvalue weighted by Gasteiger charge is -2.42. The molecule has 0 aliphatic carbocycles. The van der Waals surface area contributed by atoms with Crippen LogP contribution in [0.5, 0.6) is 5.75 Å². The molecule has 8 rings (SSSR count). The smallest absolute Gasteiger partial charge is 0.231 e. The number of hydrogen-bond donors (Lipinski definition) is 0. The molecule has 0 fully saturated rings. The van der Waals surface area contributed by atoms with Gasteiger partial charge in [-0.1, -0.05) is 92.2 Å². The molecule has 0 amide bonds. The molecule has 202 valence electrons. The van der Waals surface area contributed by atoms with Crippen molar-refractivity contribution in [2.24, 2.45) is 0 Å². The van der Waals surface area contributed by atoms with E-state index in [4.69, 9.17) is 4.74 Å². The summed E-state index contributed by atoms with van der Waals surface area (Å²) in [6.45, 7) is 6.76. The molecule has 0 spiro atoms. The highest BCUT2D eigenvalue weighted by Gasteiger charge is 2.38. The Kier molecular flexibility index (Phi) is 5.23. The van der Waals surface area contributed by atoms with Crippen molar-refractivity contribution >= 4 is 50.5 Å². The minimum atomic E-state index is -0.208. The quantitative estimate of drug-likeness (QED) is 0.204. The zero-order chi connectivity index (χ0) is 28.6. The number of para-hydroxylation sites is 1. The SMILES string of the molecule is Cc1ccc(N2c3ccccc3C(C)(C)c3c2ccc2cc(/C=C4/Oc5cc6ccccc6cc5C4=O)ccc32)cc1. The van der Waals surface area contributed by atoms with E-state index in [-0.39, 0.29) is 11.2 Å². The van der Waals surface area contributed by atoms with Gasteiger partial charge in [-0.25, -0.2) is 0 Å².